The van der Waals surface area contributed by atoms with Crippen molar-refractivity contribution in [2.45, 2.75) is 56.8 Å². The number of fused-ring (bicyclic) bond motifs is 4. The normalized spacial score (nSPS) is 22.1. The SMILES string of the molecule is O=C1CCC(N2Cc3c(ccc4c3OCC43CCN(Cc4ccccc4Cn4cccn4)CC3)C2=O)C(=O)N1. The summed E-state index contributed by atoms with van der Waals surface area (Å²) in [6, 6.07) is 13.9. The van der Waals surface area contributed by atoms with E-state index in [1.54, 1.807) is 4.90 Å². The van der Waals surface area contributed by atoms with Gasteiger partial charge in [0.2, 0.25) is 11.8 Å². The van der Waals surface area contributed by atoms with Gasteiger partial charge in [0, 0.05) is 47.5 Å². The van der Waals surface area contributed by atoms with Gasteiger partial charge in [0.25, 0.3) is 5.91 Å². The van der Waals surface area contributed by atoms with Crippen LogP contribution in [0.4, 0.5) is 0 Å². The van der Waals surface area contributed by atoms with Crippen molar-refractivity contribution in [2.24, 2.45) is 0 Å². The highest BCUT2D eigenvalue weighted by Gasteiger charge is 2.47. The van der Waals surface area contributed by atoms with Gasteiger partial charge in [-0.1, -0.05) is 30.3 Å². The maximum Gasteiger partial charge on any atom is 0.255 e. The lowest BCUT2D eigenvalue weighted by Gasteiger charge is -2.38. The third-order valence-corrected chi connectivity index (χ3v) is 8.95. The topological polar surface area (TPSA) is 96.8 Å². The summed E-state index contributed by atoms with van der Waals surface area (Å²) in [5, 5.41) is 6.74. The second-order valence-electron chi connectivity index (χ2n) is 11.2. The number of likely N-dealkylation sites (tertiary alicyclic amines) is 1. The van der Waals surface area contributed by atoms with Crippen LogP contribution in [0, 0.1) is 0 Å². The zero-order valence-electron chi connectivity index (χ0n) is 21.8. The number of rotatable bonds is 5. The number of carbonyl (C=O) groups excluding carboxylic acids is 3. The zero-order valence-corrected chi connectivity index (χ0v) is 21.8. The van der Waals surface area contributed by atoms with Crippen LogP contribution in [0.25, 0.3) is 0 Å². The van der Waals surface area contributed by atoms with Crippen LogP contribution in [0.15, 0.2) is 54.9 Å². The molecule has 3 amide bonds. The van der Waals surface area contributed by atoms with Gasteiger partial charge in [0.1, 0.15) is 11.8 Å². The summed E-state index contributed by atoms with van der Waals surface area (Å²) in [4.78, 5) is 41.4. The van der Waals surface area contributed by atoms with E-state index in [-0.39, 0.29) is 29.6 Å². The number of imide groups is 1. The highest BCUT2D eigenvalue weighted by molar-refractivity contribution is 6.05. The molecule has 0 bridgehead atoms. The molecule has 4 aliphatic heterocycles. The molecule has 4 aliphatic rings. The number of hydrogen-bond acceptors (Lipinski definition) is 6. The molecule has 0 radical (unpaired) electrons. The number of nitrogens with one attached hydrogen (secondary N) is 1. The highest BCUT2D eigenvalue weighted by Crippen LogP contribution is 2.49. The predicted molar refractivity (Wildman–Crippen MR) is 142 cm³/mol. The molecule has 2 fully saturated rings. The molecule has 7 rings (SSSR count). The number of amides is 3. The Hall–Kier alpha value is -3.98. The molecular formula is C30H31N5O4. The summed E-state index contributed by atoms with van der Waals surface area (Å²) < 4.78 is 8.29. The fourth-order valence-electron chi connectivity index (χ4n) is 6.71. The van der Waals surface area contributed by atoms with Gasteiger partial charge in [-0.3, -0.25) is 29.3 Å². The van der Waals surface area contributed by atoms with E-state index in [9.17, 15) is 14.4 Å². The molecule has 1 atom stereocenters. The van der Waals surface area contributed by atoms with Crippen molar-refractivity contribution >= 4 is 17.7 Å². The largest absolute Gasteiger partial charge is 0.492 e. The monoisotopic (exact) mass is 525 g/mol. The second kappa shape index (κ2) is 9.34. The summed E-state index contributed by atoms with van der Waals surface area (Å²) in [6.45, 7) is 4.57. The van der Waals surface area contributed by atoms with Gasteiger partial charge < -0.3 is 9.64 Å². The minimum atomic E-state index is -0.618. The lowest BCUT2D eigenvalue weighted by Crippen LogP contribution is -2.52. The van der Waals surface area contributed by atoms with Crippen LogP contribution < -0.4 is 10.1 Å². The van der Waals surface area contributed by atoms with Crippen molar-refractivity contribution < 1.29 is 19.1 Å². The Kier molecular flexibility index (Phi) is 5.77. The summed E-state index contributed by atoms with van der Waals surface area (Å²) in [5.74, 6) is 0.00318. The van der Waals surface area contributed by atoms with Gasteiger partial charge in [0.15, 0.2) is 0 Å². The fraction of sp³-hybridized carbons (Fsp3) is 0.400. The third kappa shape index (κ3) is 4.12. The van der Waals surface area contributed by atoms with E-state index < -0.39 is 6.04 Å². The summed E-state index contributed by atoms with van der Waals surface area (Å²) in [5.41, 5.74) is 5.25. The van der Waals surface area contributed by atoms with E-state index in [2.05, 4.69) is 45.6 Å². The molecule has 9 heteroatoms. The van der Waals surface area contributed by atoms with Crippen molar-refractivity contribution in [1.82, 2.24) is 24.9 Å². The average Bonchev–Trinajstić information content (AvgIpc) is 3.66. The van der Waals surface area contributed by atoms with Crippen LogP contribution in [-0.2, 0) is 34.6 Å². The zero-order chi connectivity index (χ0) is 26.6. The Balaban J connectivity index is 1.06. The molecule has 3 aromatic rings. The van der Waals surface area contributed by atoms with E-state index in [0.717, 1.165) is 50.3 Å². The van der Waals surface area contributed by atoms with E-state index >= 15 is 0 Å². The van der Waals surface area contributed by atoms with Crippen LogP contribution >= 0.6 is 0 Å². The quantitative estimate of drug-likeness (QED) is 0.515. The van der Waals surface area contributed by atoms with Crippen molar-refractivity contribution in [2.75, 3.05) is 19.7 Å². The molecule has 0 aliphatic carbocycles. The molecule has 1 unspecified atom stereocenters. The van der Waals surface area contributed by atoms with Crippen molar-refractivity contribution in [3.05, 3.63) is 82.7 Å². The lowest BCUT2D eigenvalue weighted by atomic mass is 9.74. The summed E-state index contributed by atoms with van der Waals surface area (Å²) in [7, 11) is 0. The van der Waals surface area contributed by atoms with Gasteiger partial charge in [-0.05, 0) is 55.6 Å². The first-order chi connectivity index (χ1) is 19.0. The van der Waals surface area contributed by atoms with E-state index in [1.165, 1.54) is 16.7 Å². The number of nitrogens with zero attached hydrogens (tertiary/aromatic N) is 4. The third-order valence-electron chi connectivity index (χ3n) is 8.95. The Labute approximate surface area is 226 Å². The Bertz CT molecular complexity index is 1460. The molecule has 9 nitrogen and oxygen atoms in total. The lowest BCUT2D eigenvalue weighted by molar-refractivity contribution is -0.136. The Morgan fingerprint density at radius 2 is 1.79 bits per heavy atom. The van der Waals surface area contributed by atoms with Crippen molar-refractivity contribution in [3.63, 3.8) is 0 Å². The Morgan fingerprint density at radius 3 is 2.54 bits per heavy atom. The molecule has 1 N–H and O–H groups in total. The standard InChI is InChI=1S/C30H31N5O4/c36-26-9-8-25(28(37)32-26)35-18-23-22(29(35)38)6-7-24-27(23)39-19-30(24)10-14-33(15-11-30)16-20-4-1-2-5-21(20)17-34-13-3-12-31-34/h1-7,12-13,25H,8-11,14-19H2,(H,32,36,37). The molecule has 200 valence electrons. The number of aromatic nitrogens is 2. The molecule has 0 saturated carbocycles. The van der Waals surface area contributed by atoms with Crippen molar-refractivity contribution in [1.29, 1.82) is 0 Å². The molecule has 1 aromatic heterocycles. The molecular weight excluding hydrogens is 494 g/mol. The fourth-order valence-corrected chi connectivity index (χ4v) is 6.71. The highest BCUT2D eigenvalue weighted by atomic mass is 16.5. The first-order valence-electron chi connectivity index (χ1n) is 13.7. The summed E-state index contributed by atoms with van der Waals surface area (Å²) in [6.07, 6.45) is 6.39. The number of carbonyl (C=O) groups is 3. The first-order valence-corrected chi connectivity index (χ1v) is 13.7. The second-order valence-corrected chi connectivity index (χ2v) is 11.2. The number of benzene rings is 2. The maximum absolute atomic E-state index is 13.2. The molecule has 39 heavy (non-hydrogen) atoms. The first kappa shape index (κ1) is 24.1. The van der Waals surface area contributed by atoms with Crippen LogP contribution in [0.1, 0.15) is 58.3 Å². The molecule has 2 aromatic carbocycles. The van der Waals surface area contributed by atoms with E-state index in [0.29, 0.717) is 25.1 Å². The van der Waals surface area contributed by atoms with Gasteiger partial charge in [-0.25, -0.2) is 0 Å². The van der Waals surface area contributed by atoms with Crippen LogP contribution in [-0.4, -0.2) is 63.0 Å². The number of hydrogen-bond donors (Lipinski definition) is 1. The van der Waals surface area contributed by atoms with Gasteiger partial charge in [-0.2, -0.15) is 5.10 Å². The van der Waals surface area contributed by atoms with Crippen LogP contribution in [0.3, 0.4) is 0 Å². The number of piperidine rings is 2. The van der Waals surface area contributed by atoms with Gasteiger partial charge in [-0.15, -0.1) is 0 Å². The molecule has 1 spiro atoms. The number of ether oxygens (including phenoxy) is 1. The maximum atomic E-state index is 13.2. The minimum Gasteiger partial charge on any atom is -0.492 e. The van der Waals surface area contributed by atoms with Crippen LogP contribution in [0.5, 0.6) is 5.75 Å². The van der Waals surface area contributed by atoms with Gasteiger partial charge >= 0.3 is 0 Å². The van der Waals surface area contributed by atoms with E-state index in [1.807, 2.05) is 29.2 Å². The van der Waals surface area contributed by atoms with Gasteiger partial charge in [0.05, 0.1) is 19.7 Å². The minimum absolute atomic E-state index is 0.0550. The van der Waals surface area contributed by atoms with Crippen molar-refractivity contribution in [3.8, 4) is 5.75 Å². The Morgan fingerprint density at radius 1 is 1.00 bits per heavy atom. The molecule has 2 saturated heterocycles. The summed E-state index contributed by atoms with van der Waals surface area (Å²) >= 11 is 0. The average molecular weight is 526 g/mol. The molecule has 5 heterocycles. The van der Waals surface area contributed by atoms with Crippen LogP contribution in [0.2, 0.25) is 0 Å². The van der Waals surface area contributed by atoms with E-state index in [4.69, 9.17) is 4.74 Å². The predicted octanol–water partition coefficient (Wildman–Crippen LogP) is 2.62. The smallest absolute Gasteiger partial charge is 0.255 e.